The minimum Gasteiger partial charge on any atom is -0.494 e. The number of unbranched alkanes of at least 4 members (excludes halogenated alkanes) is 4. The van der Waals surface area contributed by atoms with E-state index in [1.54, 1.807) is 0 Å². The number of rotatable bonds is 11. The van der Waals surface area contributed by atoms with Crippen LogP contribution in [0.4, 0.5) is 0 Å². The van der Waals surface area contributed by atoms with Crippen molar-refractivity contribution < 1.29 is 4.74 Å². The summed E-state index contributed by atoms with van der Waals surface area (Å²) in [5.41, 5.74) is 2.35. The number of nitrogens with one attached hydrogen (secondary N) is 1. The van der Waals surface area contributed by atoms with Crippen LogP contribution in [0.15, 0.2) is 48.5 Å². The quantitative estimate of drug-likeness (QED) is 0.506. The third-order valence-electron chi connectivity index (χ3n) is 4.02. The predicted molar refractivity (Wildman–Crippen MR) is 103 cm³/mol. The standard InChI is InChI=1S/C21H28ClNO/c1-2-3-4-5-8-14-24-20-12-9-10-18(15-20)16-23-17-19-11-6-7-13-21(19)22/h6-7,9-13,15,23H,2-5,8,14,16-17H2,1H3. The van der Waals surface area contributed by atoms with Crippen molar-refractivity contribution in [3.63, 3.8) is 0 Å². The lowest BCUT2D eigenvalue weighted by Crippen LogP contribution is -2.13. The van der Waals surface area contributed by atoms with Gasteiger partial charge in [-0.15, -0.1) is 0 Å². The Morgan fingerprint density at radius 3 is 2.58 bits per heavy atom. The summed E-state index contributed by atoms with van der Waals surface area (Å²) in [5, 5.41) is 4.25. The highest BCUT2D eigenvalue weighted by atomic mass is 35.5. The lowest BCUT2D eigenvalue weighted by molar-refractivity contribution is 0.304. The Morgan fingerprint density at radius 2 is 1.75 bits per heavy atom. The van der Waals surface area contributed by atoms with Gasteiger partial charge < -0.3 is 10.1 Å². The number of benzene rings is 2. The third-order valence-corrected chi connectivity index (χ3v) is 4.39. The van der Waals surface area contributed by atoms with Crippen LogP contribution in [0.3, 0.4) is 0 Å². The molecule has 0 aliphatic rings. The molecule has 0 heterocycles. The molecule has 0 aliphatic heterocycles. The number of halogens is 1. The molecule has 2 aromatic rings. The van der Waals surface area contributed by atoms with Gasteiger partial charge in [0, 0.05) is 18.1 Å². The Kier molecular flexibility index (Phi) is 8.72. The first-order valence-corrected chi connectivity index (χ1v) is 9.33. The molecule has 0 unspecified atom stereocenters. The molecule has 0 radical (unpaired) electrons. The van der Waals surface area contributed by atoms with Gasteiger partial charge in [-0.3, -0.25) is 0 Å². The molecule has 0 fully saturated rings. The van der Waals surface area contributed by atoms with Crippen molar-refractivity contribution in [1.29, 1.82) is 0 Å². The molecule has 2 rings (SSSR count). The zero-order chi connectivity index (χ0) is 17.0. The molecule has 0 saturated carbocycles. The van der Waals surface area contributed by atoms with Crippen molar-refractivity contribution in [2.75, 3.05) is 6.61 Å². The second-order valence-electron chi connectivity index (χ2n) is 6.11. The first-order valence-electron chi connectivity index (χ1n) is 8.95. The largest absolute Gasteiger partial charge is 0.494 e. The summed E-state index contributed by atoms with van der Waals surface area (Å²) in [5.74, 6) is 0.961. The van der Waals surface area contributed by atoms with Gasteiger partial charge in [0.2, 0.25) is 0 Å². The average Bonchev–Trinajstić information content (AvgIpc) is 2.60. The smallest absolute Gasteiger partial charge is 0.119 e. The second kappa shape index (κ2) is 11.1. The molecule has 0 spiro atoms. The average molecular weight is 346 g/mol. The minimum atomic E-state index is 0.766. The van der Waals surface area contributed by atoms with Gasteiger partial charge in [-0.1, -0.05) is 74.5 Å². The molecule has 0 aromatic heterocycles. The van der Waals surface area contributed by atoms with E-state index in [1.165, 1.54) is 31.2 Å². The normalized spacial score (nSPS) is 10.8. The summed E-state index contributed by atoms with van der Waals surface area (Å²) in [4.78, 5) is 0. The van der Waals surface area contributed by atoms with Crippen LogP contribution in [0.25, 0.3) is 0 Å². The number of hydrogen-bond donors (Lipinski definition) is 1. The predicted octanol–water partition coefficient (Wildman–Crippen LogP) is 5.98. The molecule has 2 nitrogen and oxygen atoms in total. The van der Waals surface area contributed by atoms with E-state index in [0.29, 0.717) is 0 Å². The maximum Gasteiger partial charge on any atom is 0.119 e. The van der Waals surface area contributed by atoms with E-state index < -0.39 is 0 Å². The molecule has 0 aliphatic carbocycles. The van der Waals surface area contributed by atoms with Gasteiger partial charge in [-0.25, -0.2) is 0 Å². The lowest BCUT2D eigenvalue weighted by Gasteiger charge is -2.10. The molecule has 0 saturated heterocycles. The van der Waals surface area contributed by atoms with E-state index >= 15 is 0 Å². The topological polar surface area (TPSA) is 21.3 Å². The van der Waals surface area contributed by atoms with Crippen molar-refractivity contribution in [3.05, 3.63) is 64.7 Å². The van der Waals surface area contributed by atoms with E-state index in [2.05, 4.69) is 30.4 Å². The van der Waals surface area contributed by atoms with Crippen LogP contribution in [-0.4, -0.2) is 6.61 Å². The highest BCUT2D eigenvalue weighted by Crippen LogP contribution is 2.16. The first kappa shape index (κ1) is 18.8. The van der Waals surface area contributed by atoms with Crippen molar-refractivity contribution >= 4 is 11.6 Å². The fourth-order valence-electron chi connectivity index (χ4n) is 2.62. The summed E-state index contributed by atoms with van der Waals surface area (Å²) in [7, 11) is 0. The summed E-state index contributed by atoms with van der Waals surface area (Å²) < 4.78 is 5.86. The Hall–Kier alpha value is -1.51. The van der Waals surface area contributed by atoms with Crippen molar-refractivity contribution in [3.8, 4) is 5.75 Å². The Morgan fingerprint density at radius 1 is 0.917 bits per heavy atom. The second-order valence-corrected chi connectivity index (χ2v) is 6.51. The summed E-state index contributed by atoms with van der Waals surface area (Å²) >= 11 is 6.17. The van der Waals surface area contributed by atoms with Crippen molar-refractivity contribution in [1.82, 2.24) is 5.32 Å². The van der Waals surface area contributed by atoms with Gasteiger partial charge in [0.05, 0.1) is 6.61 Å². The SMILES string of the molecule is CCCCCCCOc1cccc(CNCc2ccccc2Cl)c1. The molecule has 0 bridgehead atoms. The highest BCUT2D eigenvalue weighted by molar-refractivity contribution is 6.31. The van der Waals surface area contributed by atoms with E-state index in [1.807, 2.05) is 30.3 Å². The fourth-order valence-corrected chi connectivity index (χ4v) is 2.83. The summed E-state index contributed by atoms with van der Waals surface area (Å²) in [6.07, 6.45) is 6.31. The van der Waals surface area contributed by atoms with Crippen molar-refractivity contribution in [2.45, 2.75) is 52.1 Å². The number of ether oxygens (including phenoxy) is 1. The van der Waals surface area contributed by atoms with E-state index in [4.69, 9.17) is 16.3 Å². The van der Waals surface area contributed by atoms with Crippen molar-refractivity contribution in [2.24, 2.45) is 0 Å². The molecule has 130 valence electrons. The van der Waals surface area contributed by atoms with Crippen LogP contribution in [0.2, 0.25) is 5.02 Å². The maximum absolute atomic E-state index is 6.17. The summed E-state index contributed by atoms with van der Waals surface area (Å²) in [6.45, 7) is 4.61. The van der Waals surface area contributed by atoms with E-state index in [0.717, 1.165) is 42.5 Å². The van der Waals surface area contributed by atoms with E-state index in [-0.39, 0.29) is 0 Å². The van der Waals surface area contributed by atoms with Gasteiger partial charge in [0.25, 0.3) is 0 Å². The van der Waals surface area contributed by atoms with E-state index in [9.17, 15) is 0 Å². The Bertz CT molecular complexity index is 600. The highest BCUT2D eigenvalue weighted by Gasteiger charge is 2.00. The number of hydrogen-bond acceptors (Lipinski definition) is 2. The molecular weight excluding hydrogens is 318 g/mol. The molecule has 3 heteroatoms. The maximum atomic E-state index is 6.17. The van der Waals surface area contributed by atoms with Crippen LogP contribution in [-0.2, 0) is 13.1 Å². The molecule has 0 atom stereocenters. The van der Waals surface area contributed by atoms with Crippen LogP contribution in [0, 0.1) is 0 Å². The van der Waals surface area contributed by atoms with Gasteiger partial charge in [0.1, 0.15) is 5.75 Å². The zero-order valence-corrected chi connectivity index (χ0v) is 15.3. The lowest BCUT2D eigenvalue weighted by atomic mass is 10.1. The van der Waals surface area contributed by atoms with Gasteiger partial charge in [0.15, 0.2) is 0 Å². The molecule has 1 N–H and O–H groups in total. The van der Waals surface area contributed by atoms with Gasteiger partial charge in [-0.2, -0.15) is 0 Å². The Balaban J connectivity index is 1.71. The summed E-state index contributed by atoms with van der Waals surface area (Å²) in [6, 6.07) is 16.3. The monoisotopic (exact) mass is 345 g/mol. The van der Waals surface area contributed by atoms with Crippen LogP contribution in [0.1, 0.15) is 50.2 Å². The van der Waals surface area contributed by atoms with Gasteiger partial charge >= 0.3 is 0 Å². The van der Waals surface area contributed by atoms with Crippen LogP contribution in [0.5, 0.6) is 5.75 Å². The van der Waals surface area contributed by atoms with Crippen LogP contribution >= 0.6 is 11.6 Å². The minimum absolute atomic E-state index is 0.766. The molecule has 24 heavy (non-hydrogen) atoms. The third kappa shape index (κ3) is 6.94. The molecular formula is C21H28ClNO. The molecule has 2 aromatic carbocycles. The van der Waals surface area contributed by atoms with Crippen LogP contribution < -0.4 is 10.1 Å². The Labute approximate surface area is 151 Å². The first-order chi connectivity index (χ1) is 11.8. The molecule has 0 amide bonds. The fraction of sp³-hybridized carbons (Fsp3) is 0.429. The zero-order valence-electron chi connectivity index (χ0n) is 14.6. The van der Waals surface area contributed by atoms with Gasteiger partial charge in [-0.05, 0) is 35.7 Å².